The fourth-order valence-corrected chi connectivity index (χ4v) is 5.23. The maximum Gasteiger partial charge on any atom is 0.290 e. The summed E-state index contributed by atoms with van der Waals surface area (Å²) in [6, 6.07) is 16.6. The average Bonchev–Trinajstić information content (AvgIpc) is 3.15. The highest BCUT2D eigenvalue weighted by Crippen LogP contribution is 2.39. The second-order valence-corrected chi connectivity index (χ2v) is 9.92. The molecule has 0 spiro atoms. The van der Waals surface area contributed by atoms with E-state index in [9.17, 15) is 9.59 Å². The monoisotopic (exact) mass is 547 g/mol. The number of fused-ring (bicyclic) bond motifs is 2. The third kappa shape index (κ3) is 4.07. The molecule has 1 aliphatic rings. The van der Waals surface area contributed by atoms with Crippen LogP contribution in [-0.2, 0) is 6.42 Å². The number of aryl methyl sites for hydroxylation is 2. The maximum atomic E-state index is 13.8. The third-order valence-electron chi connectivity index (χ3n) is 6.84. The first kappa shape index (κ1) is 24.1. The Balaban J connectivity index is 1.61. The predicted molar refractivity (Wildman–Crippen MR) is 142 cm³/mol. The summed E-state index contributed by atoms with van der Waals surface area (Å²) in [5, 5.41) is 0.492. The summed E-state index contributed by atoms with van der Waals surface area (Å²) in [7, 11) is 3.19. The van der Waals surface area contributed by atoms with Crippen LogP contribution in [0.2, 0.25) is 0 Å². The number of halogens is 1. The fraction of sp³-hybridized carbons (Fsp3) is 0.241. The van der Waals surface area contributed by atoms with Gasteiger partial charge in [0.05, 0.1) is 31.2 Å². The Morgan fingerprint density at radius 2 is 1.69 bits per heavy atom. The quantitative estimate of drug-likeness (QED) is 0.297. The number of nitrogens with zero attached hydrogens (tertiary/aromatic N) is 1. The number of carbonyl (C=O) groups is 1. The highest BCUT2D eigenvalue weighted by Gasteiger charge is 2.42. The van der Waals surface area contributed by atoms with E-state index in [0.717, 1.165) is 26.7 Å². The minimum atomic E-state index is -0.549. The Bertz CT molecular complexity index is 1560. The van der Waals surface area contributed by atoms with Crippen LogP contribution >= 0.6 is 15.9 Å². The Kier molecular flexibility index (Phi) is 6.35. The Hall–Kier alpha value is -3.58. The topological polar surface area (TPSA) is 69.0 Å². The van der Waals surface area contributed by atoms with Crippen molar-refractivity contribution in [3.05, 3.63) is 103 Å². The van der Waals surface area contributed by atoms with Gasteiger partial charge in [-0.25, -0.2) is 0 Å². The van der Waals surface area contributed by atoms with Crippen LogP contribution in [0.1, 0.15) is 44.4 Å². The lowest BCUT2D eigenvalue weighted by Gasteiger charge is -2.25. The summed E-state index contributed by atoms with van der Waals surface area (Å²) >= 11 is 3.53. The molecular formula is C29H26BrNO5. The summed E-state index contributed by atoms with van der Waals surface area (Å²) in [4.78, 5) is 29.2. The SMILES string of the molecule is COc1ccc(CCN2C(=O)c3oc4cc(C)c(C)cc4c(=O)c3C2c2cccc(Br)c2)cc1OC. The van der Waals surface area contributed by atoms with Crippen molar-refractivity contribution >= 4 is 32.8 Å². The van der Waals surface area contributed by atoms with E-state index in [1.165, 1.54) is 0 Å². The summed E-state index contributed by atoms with van der Waals surface area (Å²) in [5.74, 6) is 1.11. The van der Waals surface area contributed by atoms with Crippen molar-refractivity contribution in [1.82, 2.24) is 4.90 Å². The molecule has 7 heteroatoms. The lowest BCUT2D eigenvalue weighted by molar-refractivity contribution is 0.0730. The number of hydrogen-bond donors (Lipinski definition) is 0. The van der Waals surface area contributed by atoms with Crippen LogP contribution in [0.25, 0.3) is 11.0 Å². The van der Waals surface area contributed by atoms with Gasteiger partial charge < -0.3 is 18.8 Å². The highest BCUT2D eigenvalue weighted by molar-refractivity contribution is 9.10. The smallest absolute Gasteiger partial charge is 0.290 e. The Morgan fingerprint density at radius 1 is 0.944 bits per heavy atom. The van der Waals surface area contributed by atoms with Crippen LogP contribution in [0.5, 0.6) is 11.5 Å². The molecule has 0 N–H and O–H groups in total. The summed E-state index contributed by atoms with van der Waals surface area (Å²) in [6.07, 6.45) is 0.566. The first-order valence-corrected chi connectivity index (χ1v) is 12.5. The summed E-state index contributed by atoms with van der Waals surface area (Å²) in [5.41, 5.74) is 4.50. The Labute approximate surface area is 217 Å². The first-order chi connectivity index (χ1) is 17.3. The molecule has 0 radical (unpaired) electrons. The molecule has 36 heavy (non-hydrogen) atoms. The number of hydrogen-bond acceptors (Lipinski definition) is 5. The van der Waals surface area contributed by atoms with E-state index in [4.69, 9.17) is 13.9 Å². The lowest BCUT2D eigenvalue weighted by Crippen LogP contribution is -2.31. The molecule has 0 aliphatic carbocycles. The second-order valence-electron chi connectivity index (χ2n) is 9.00. The molecule has 1 atom stereocenters. The van der Waals surface area contributed by atoms with Gasteiger partial charge in [-0.2, -0.15) is 0 Å². The zero-order valence-corrected chi connectivity index (χ0v) is 22.1. The van der Waals surface area contributed by atoms with Gasteiger partial charge in [0.25, 0.3) is 5.91 Å². The number of benzene rings is 3. The molecule has 184 valence electrons. The van der Waals surface area contributed by atoms with Crippen molar-refractivity contribution in [2.45, 2.75) is 26.3 Å². The molecule has 2 heterocycles. The van der Waals surface area contributed by atoms with Crippen LogP contribution in [0.3, 0.4) is 0 Å². The number of methoxy groups -OCH3 is 2. The lowest BCUT2D eigenvalue weighted by atomic mass is 9.97. The molecule has 1 amide bonds. The summed E-state index contributed by atoms with van der Waals surface area (Å²) < 4.78 is 17.8. The fourth-order valence-electron chi connectivity index (χ4n) is 4.82. The van der Waals surface area contributed by atoms with Gasteiger partial charge in [0.2, 0.25) is 5.76 Å². The van der Waals surface area contributed by atoms with Crippen molar-refractivity contribution in [2.24, 2.45) is 0 Å². The van der Waals surface area contributed by atoms with E-state index >= 15 is 0 Å². The predicted octanol–water partition coefficient (Wildman–Crippen LogP) is 5.98. The zero-order valence-electron chi connectivity index (χ0n) is 20.6. The maximum absolute atomic E-state index is 13.8. The van der Waals surface area contributed by atoms with E-state index in [0.29, 0.717) is 41.0 Å². The van der Waals surface area contributed by atoms with Gasteiger partial charge in [-0.3, -0.25) is 9.59 Å². The van der Waals surface area contributed by atoms with E-state index in [1.807, 2.05) is 68.4 Å². The normalized spacial score (nSPS) is 14.9. The van der Waals surface area contributed by atoms with Gasteiger partial charge >= 0.3 is 0 Å². The largest absolute Gasteiger partial charge is 0.493 e. The minimum Gasteiger partial charge on any atom is -0.493 e. The van der Waals surface area contributed by atoms with Gasteiger partial charge in [0, 0.05) is 11.0 Å². The van der Waals surface area contributed by atoms with Crippen molar-refractivity contribution in [2.75, 3.05) is 20.8 Å². The standard InChI is InChI=1S/C29H26BrNO5/c1-16-12-21-23(13-17(16)2)36-28-25(27(21)32)26(19-6-5-7-20(30)15-19)31(29(28)33)11-10-18-8-9-22(34-3)24(14-18)35-4/h5-9,12-15,26H,10-11H2,1-4H3. The van der Waals surface area contributed by atoms with Gasteiger partial charge in [0.1, 0.15) is 5.58 Å². The molecule has 0 saturated carbocycles. The highest BCUT2D eigenvalue weighted by atomic mass is 79.9. The molecule has 0 saturated heterocycles. The van der Waals surface area contributed by atoms with Gasteiger partial charge in [-0.1, -0.05) is 34.1 Å². The van der Waals surface area contributed by atoms with E-state index in [2.05, 4.69) is 15.9 Å². The Morgan fingerprint density at radius 3 is 2.42 bits per heavy atom. The van der Waals surface area contributed by atoms with Crippen LogP contribution in [0.15, 0.2) is 68.3 Å². The van der Waals surface area contributed by atoms with E-state index in [1.54, 1.807) is 19.1 Å². The zero-order chi connectivity index (χ0) is 25.6. The van der Waals surface area contributed by atoms with Crippen LogP contribution in [0.4, 0.5) is 0 Å². The van der Waals surface area contributed by atoms with E-state index < -0.39 is 6.04 Å². The number of carbonyl (C=O) groups excluding carboxylic acids is 1. The molecule has 5 rings (SSSR count). The molecule has 1 aromatic heterocycles. The molecule has 0 bridgehead atoms. The van der Waals surface area contributed by atoms with Crippen LogP contribution in [0, 0.1) is 13.8 Å². The van der Waals surface area contributed by atoms with Crippen LogP contribution < -0.4 is 14.9 Å². The minimum absolute atomic E-state index is 0.119. The average molecular weight is 548 g/mol. The van der Waals surface area contributed by atoms with Crippen molar-refractivity contribution in [3.63, 3.8) is 0 Å². The molecular weight excluding hydrogens is 522 g/mol. The molecule has 4 aromatic rings. The van der Waals surface area contributed by atoms with Gasteiger partial charge in [0.15, 0.2) is 16.9 Å². The molecule has 6 nitrogen and oxygen atoms in total. The van der Waals surface area contributed by atoms with Crippen molar-refractivity contribution in [3.8, 4) is 11.5 Å². The number of amides is 1. The van der Waals surface area contributed by atoms with Gasteiger partial charge in [-0.15, -0.1) is 0 Å². The summed E-state index contributed by atoms with van der Waals surface area (Å²) in [6.45, 7) is 4.32. The van der Waals surface area contributed by atoms with E-state index in [-0.39, 0.29) is 17.1 Å². The van der Waals surface area contributed by atoms with Gasteiger partial charge in [-0.05, 0) is 78.9 Å². The number of rotatable bonds is 6. The number of ether oxygens (including phenoxy) is 2. The van der Waals surface area contributed by atoms with Crippen molar-refractivity contribution in [1.29, 1.82) is 0 Å². The third-order valence-corrected chi connectivity index (χ3v) is 7.33. The molecule has 0 fully saturated rings. The second kappa shape index (κ2) is 9.47. The van der Waals surface area contributed by atoms with Crippen LogP contribution in [-0.4, -0.2) is 31.6 Å². The molecule has 3 aromatic carbocycles. The molecule has 1 aliphatic heterocycles. The first-order valence-electron chi connectivity index (χ1n) is 11.7. The van der Waals surface area contributed by atoms with Crippen molar-refractivity contribution < 1.29 is 18.7 Å². The molecule has 1 unspecified atom stereocenters.